The second kappa shape index (κ2) is 32.4. The Morgan fingerprint density at radius 1 is 0.920 bits per heavy atom. The van der Waals surface area contributed by atoms with E-state index in [4.69, 9.17) is 15.3 Å². The minimum absolute atomic E-state index is 0. The summed E-state index contributed by atoms with van der Waals surface area (Å²) in [5.41, 5.74) is 0. The second-order valence-electron chi connectivity index (χ2n) is 5.65. The van der Waals surface area contributed by atoms with E-state index in [0.717, 1.165) is 25.7 Å². The van der Waals surface area contributed by atoms with Crippen LogP contribution in [0.4, 0.5) is 3.50 Å². The minimum Gasteiger partial charge on any atom is 0 e. The van der Waals surface area contributed by atoms with Crippen molar-refractivity contribution in [3.63, 3.8) is 0 Å². The van der Waals surface area contributed by atoms with Crippen molar-refractivity contribution >= 4 is 14.8 Å². The maximum absolute atomic E-state index is 11.2. The van der Waals surface area contributed by atoms with Gasteiger partial charge in [0.05, 0.1) is 18.3 Å². The summed E-state index contributed by atoms with van der Waals surface area (Å²) in [6.45, 7) is 11.2. The van der Waals surface area contributed by atoms with Gasteiger partial charge in [-0.3, -0.25) is 6.08 Å². The fourth-order valence-electron chi connectivity index (χ4n) is 0.340. The van der Waals surface area contributed by atoms with Crippen molar-refractivity contribution in [2.75, 3.05) is 0 Å². The molecule has 1 rings (SSSR count). The van der Waals surface area contributed by atoms with Crippen molar-refractivity contribution in [2.24, 2.45) is 0 Å². The van der Waals surface area contributed by atoms with Gasteiger partial charge in [0, 0.05) is 26.2 Å². The second-order valence-corrected chi connectivity index (χ2v) is 9.34. The molecular formula is C19H41FGeO3Zr-. The molecule has 3 atom stereocenters. The molecule has 3 unspecified atom stereocenters. The normalized spacial score (nSPS) is 14.0. The number of rotatable bonds is 3. The van der Waals surface area contributed by atoms with Gasteiger partial charge < -0.3 is 15.3 Å². The molecule has 0 aliphatic heterocycles. The fraction of sp³-hybridized carbons (Fsp3) is 0.789. The Kier molecular flexibility index (Phi) is 47.4. The zero-order chi connectivity index (χ0) is 20.0. The topological polar surface area (TPSA) is 60.7 Å². The predicted octanol–water partition coefficient (Wildman–Crippen LogP) is 4.84. The summed E-state index contributed by atoms with van der Waals surface area (Å²) in [7, 11) is 0. The summed E-state index contributed by atoms with van der Waals surface area (Å²) >= 11 is -1.83. The molecule has 0 aromatic carbocycles. The molecule has 3 nitrogen and oxygen atoms in total. The molecule has 0 aromatic rings. The van der Waals surface area contributed by atoms with E-state index >= 15 is 0 Å². The zero-order valence-electron chi connectivity index (χ0n) is 17.5. The maximum atomic E-state index is 11.2. The third-order valence-corrected chi connectivity index (χ3v) is 2.36. The van der Waals surface area contributed by atoms with Gasteiger partial charge >= 0.3 is 29.8 Å². The first-order valence-electron chi connectivity index (χ1n) is 8.76. The molecule has 0 aromatic heterocycles. The molecule has 0 fully saturated rings. The van der Waals surface area contributed by atoms with Crippen molar-refractivity contribution in [1.82, 2.24) is 0 Å². The largest absolute Gasteiger partial charge is 0 e. The fourth-order valence-corrected chi connectivity index (χ4v) is 0.340. The minimum atomic E-state index is -1.83. The van der Waals surface area contributed by atoms with Crippen molar-refractivity contribution in [1.29, 1.82) is 0 Å². The van der Waals surface area contributed by atoms with Gasteiger partial charge in [0.1, 0.15) is 0 Å². The van der Waals surface area contributed by atoms with E-state index in [0.29, 0.717) is 0 Å². The van der Waals surface area contributed by atoms with Crippen LogP contribution in [0.3, 0.4) is 0 Å². The third-order valence-electron chi connectivity index (χ3n) is 2.36. The Morgan fingerprint density at radius 3 is 1.20 bits per heavy atom. The van der Waals surface area contributed by atoms with Crippen LogP contribution in [0.5, 0.6) is 0 Å². The van der Waals surface area contributed by atoms with Crippen molar-refractivity contribution < 1.29 is 45.0 Å². The summed E-state index contributed by atoms with van der Waals surface area (Å²) in [6, 6.07) is 0. The van der Waals surface area contributed by atoms with Crippen LogP contribution in [-0.4, -0.2) is 48.4 Å². The van der Waals surface area contributed by atoms with Gasteiger partial charge in [0.2, 0.25) is 0 Å². The van der Waals surface area contributed by atoms with E-state index in [1.807, 2.05) is 32.9 Å². The number of hydrogen-bond acceptors (Lipinski definition) is 3. The van der Waals surface area contributed by atoms with Crippen LogP contribution < -0.4 is 0 Å². The van der Waals surface area contributed by atoms with E-state index in [1.165, 1.54) is 0 Å². The van der Waals surface area contributed by atoms with E-state index in [2.05, 4.69) is 12.2 Å². The Labute approximate surface area is 180 Å². The first-order valence-corrected chi connectivity index (χ1v) is 13.7. The van der Waals surface area contributed by atoms with Crippen LogP contribution in [0.1, 0.15) is 67.2 Å². The zero-order valence-corrected chi connectivity index (χ0v) is 22.1. The summed E-state index contributed by atoms with van der Waals surface area (Å²) in [5, 5.41) is 25.1. The molecule has 0 heterocycles. The molecule has 6 heteroatoms. The predicted molar refractivity (Wildman–Crippen MR) is 106 cm³/mol. The third kappa shape index (κ3) is 92.9. The number of aliphatic hydroxyl groups is 3. The summed E-state index contributed by atoms with van der Waals surface area (Å²) < 4.78 is 11.2. The van der Waals surface area contributed by atoms with Crippen LogP contribution in [0.2, 0.25) is 11.5 Å². The molecule has 151 valence electrons. The summed E-state index contributed by atoms with van der Waals surface area (Å²) in [6.07, 6.45) is 12.2. The van der Waals surface area contributed by atoms with Gasteiger partial charge in [0.25, 0.3) is 0 Å². The monoisotopic (exact) mass is 500 g/mol. The standard InChI is InChI=1S/C5H5.3C4H10O.C2H6FGe.Zr/c1-2-4-5-3-1;3*1-3-4(2)5;1-4(2)3;/h1-3H,4H2;3*4-5H,3H2,1-2H3;1-2H3;/q-1;;;;;. The van der Waals surface area contributed by atoms with E-state index in [1.54, 1.807) is 32.3 Å². The average Bonchev–Trinajstić information content (AvgIpc) is 3.07. The SMILES string of the molecule is CCC(C)O.CCC(C)O.CCC(C)O.[C-]1=CC=CC1.[CH3][Ge]([CH3])[F].[Zr]. The molecular weight excluding hydrogens is 459 g/mol. The molecule has 25 heavy (non-hydrogen) atoms. The van der Waals surface area contributed by atoms with E-state index in [9.17, 15) is 3.50 Å². The van der Waals surface area contributed by atoms with Gasteiger partial charge in [-0.05, 0) is 40.0 Å². The van der Waals surface area contributed by atoms with Crippen molar-refractivity contribution in [3.8, 4) is 0 Å². The molecule has 0 bridgehead atoms. The quantitative estimate of drug-likeness (QED) is 0.384. The van der Waals surface area contributed by atoms with Crippen LogP contribution in [-0.2, 0) is 26.2 Å². The molecule has 3 N–H and O–H groups in total. The van der Waals surface area contributed by atoms with Gasteiger partial charge in [-0.15, -0.1) is 6.42 Å². The molecule has 1 radical (unpaired) electrons. The van der Waals surface area contributed by atoms with E-state index in [-0.39, 0.29) is 44.5 Å². The first kappa shape index (κ1) is 36.6. The number of hydrogen-bond donors (Lipinski definition) is 3. The molecule has 1 aliphatic carbocycles. The van der Waals surface area contributed by atoms with Gasteiger partial charge in [-0.1, -0.05) is 20.8 Å². The number of allylic oxidation sites excluding steroid dienone is 4. The van der Waals surface area contributed by atoms with Crippen LogP contribution in [0.15, 0.2) is 18.2 Å². The van der Waals surface area contributed by atoms with Crippen LogP contribution >= 0.6 is 0 Å². The van der Waals surface area contributed by atoms with Gasteiger partial charge in [-0.25, -0.2) is 12.2 Å². The molecule has 0 saturated carbocycles. The first-order chi connectivity index (χ1) is 11.0. The maximum Gasteiger partial charge on any atom is 0 e. The number of halogens is 1. The van der Waals surface area contributed by atoms with Gasteiger partial charge in [-0.2, -0.15) is 6.08 Å². The Hall–Kier alpha value is 0.716. The average molecular weight is 500 g/mol. The molecule has 1 aliphatic rings. The van der Waals surface area contributed by atoms with Crippen molar-refractivity contribution in [3.05, 3.63) is 24.3 Å². The Bertz CT molecular complexity index is 227. The van der Waals surface area contributed by atoms with Gasteiger partial charge in [0.15, 0.2) is 0 Å². The van der Waals surface area contributed by atoms with E-state index < -0.39 is 14.8 Å². The Morgan fingerprint density at radius 2 is 1.16 bits per heavy atom. The van der Waals surface area contributed by atoms with Crippen molar-refractivity contribution in [2.45, 2.75) is 97.1 Å². The summed E-state index contributed by atoms with van der Waals surface area (Å²) in [4.78, 5) is 0. The molecule has 0 amide bonds. The Balaban J connectivity index is -0.0000000662. The van der Waals surface area contributed by atoms with Crippen LogP contribution in [0.25, 0.3) is 0 Å². The van der Waals surface area contributed by atoms with Crippen LogP contribution in [0, 0.1) is 6.08 Å². The number of aliphatic hydroxyl groups excluding tert-OH is 3. The smallest absolute Gasteiger partial charge is 0 e. The molecule has 0 spiro atoms. The summed E-state index contributed by atoms with van der Waals surface area (Å²) in [5.74, 6) is 3.33. The molecule has 0 saturated heterocycles.